The number of benzene rings is 1. The Morgan fingerprint density at radius 3 is 2.50 bits per heavy atom. The molecule has 0 spiro atoms. The molecule has 1 aliphatic rings. The van der Waals surface area contributed by atoms with Crippen LogP contribution in [-0.2, 0) is 6.54 Å². The van der Waals surface area contributed by atoms with Crippen molar-refractivity contribution in [3.8, 4) is 5.75 Å². The molecule has 3 nitrogen and oxygen atoms in total. The lowest BCUT2D eigenvalue weighted by molar-refractivity contribution is -0.274. The number of ether oxygens (including phenoxy) is 1. The summed E-state index contributed by atoms with van der Waals surface area (Å²) in [5, 5.41) is 0.764. The molecule has 120 valence electrons. The van der Waals surface area contributed by atoms with Gasteiger partial charge in [-0.05, 0) is 50.2 Å². The highest BCUT2D eigenvalue weighted by Crippen LogP contribution is 2.27. The Kier molecular flexibility index (Phi) is 4.29. The number of aromatic nitrogens is 1. The summed E-state index contributed by atoms with van der Waals surface area (Å²) in [5.74, 6) is -0.172. The van der Waals surface area contributed by atoms with Gasteiger partial charge in [-0.15, -0.1) is 13.2 Å². The molecule has 2 heterocycles. The summed E-state index contributed by atoms with van der Waals surface area (Å²) in [6.45, 7) is 4.11. The van der Waals surface area contributed by atoms with E-state index in [0.29, 0.717) is 0 Å². The molecule has 6 heteroatoms. The van der Waals surface area contributed by atoms with E-state index in [-0.39, 0.29) is 5.75 Å². The molecule has 0 saturated carbocycles. The SMILES string of the molecule is FC(F)(F)Oc1ccc2c(ccn2CCN2CCCCC2)c1. The second kappa shape index (κ2) is 6.20. The quantitative estimate of drug-likeness (QED) is 0.848. The first-order chi connectivity index (χ1) is 10.5. The third-order valence-electron chi connectivity index (χ3n) is 4.08. The lowest BCUT2D eigenvalue weighted by Crippen LogP contribution is -2.32. The van der Waals surface area contributed by atoms with Crippen molar-refractivity contribution in [1.82, 2.24) is 9.47 Å². The lowest BCUT2D eigenvalue weighted by atomic mass is 10.1. The molecule has 1 fully saturated rings. The molecule has 0 amide bonds. The number of halogens is 3. The predicted molar refractivity (Wildman–Crippen MR) is 78.9 cm³/mol. The van der Waals surface area contributed by atoms with Crippen molar-refractivity contribution in [1.29, 1.82) is 0 Å². The molecule has 1 aromatic heterocycles. The van der Waals surface area contributed by atoms with Gasteiger partial charge in [0.2, 0.25) is 0 Å². The number of rotatable bonds is 4. The smallest absolute Gasteiger partial charge is 0.406 e. The van der Waals surface area contributed by atoms with Crippen molar-refractivity contribution < 1.29 is 17.9 Å². The van der Waals surface area contributed by atoms with Gasteiger partial charge in [0.15, 0.2) is 0 Å². The predicted octanol–water partition coefficient (Wildman–Crippen LogP) is 4.03. The number of fused-ring (bicyclic) bond motifs is 1. The molecule has 0 bridgehead atoms. The van der Waals surface area contributed by atoms with Crippen LogP contribution in [0.25, 0.3) is 10.9 Å². The molecule has 22 heavy (non-hydrogen) atoms. The standard InChI is InChI=1S/C16H19F3N2O/c17-16(18,19)22-14-4-5-15-13(12-14)6-9-21(15)11-10-20-7-2-1-3-8-20/h4-6,9,12H,1-3,7-8,10-11H2. The van der Waals surface area contributed by atoms with Crippen molar-refractivity contribution in [2.24, 2.45) is 0 Å². The molecule has 1 saturated heterocycles. The molecule has 1 aromatic carbocycles. The van der Waals surface area contributed by atoms with E-state index in [4.69, 9.17) is 0 Å². The Labute approximate surface area is 127 Å². The molecule has 0 N–H and O–H groups in total. The lowest BCUT2D eigenvalue weighted by Gasteiger charge is -2.26. The zero-order valence-electron chi connectivity index (χ0n) is 12.3. The number of nitrogens with zero attached hydrogens (tertiary/aromatic N) is 2. The molecule has 3 rings (SSSR count). The Bertz CT molecular complexity index is 630. The molecule has 0 aliphatic carbocycles. The molecular weight excluding hydrogens is 293 g/mol. The zero-order valence-corrected chi connectivity index (χ0v) is 12.3. The monoisotopic (exact) mass is 312 g/mol. The average Bonchev–Trinajstić information content (AvgIpc) is 2.87. The van der Waals surface area contributed by atoms with Gasteiger partial charge >= 0.3 is 6.36 Å². The van der Waals surface area contributed by atoms with Gasteiger partial charge in [0.1, 0.15) is 5.75 Å². The largest absolute Gasteiger partial charge is 0.573 e. The topological polar surface area (TPSA) is 17.4 Å². The fourth-order valence-corrected chi connectivity index (χ4v) is 3.00. The van der Waals surface area contributed by atoms with Crippen LogP contribution < -0.4 is 4.74 Å². The molecule has 1 aliphatic heterocycles. The van der Waals surface area contributed by atoms with Crippen molar-refractivity contribution in [2.75, 3.05) is 19.6 Å². The fourth-order valence-electron chi connectivity index (χ4n) is 3.00. The molecule has 0 unspecified atom stereocenters. The van der Waals surface area contributed by atoms with E-state index in [1.165, 1.54) is 31.4 Å². The minimum atomic E-state index is -4.65. The Balaban J connectivity index is 1.69. The summed E-state index contributed by atoms with van der Waals surface area (Å²) < 4.78 is 42.8. The van der Waals surface area contributed by atoms with Gasteiger partial charge in [-0.2, -0.15) is 0 Å². The van der Waals surface area contributed by atoms with Gasteiger partial charge in [-0.1, -0.05) is 6.42 Å². The Morgan fingerprint density at radius 2 is 1.77 bits per heavy atom. The first-order valence-corrected chi connectivity index (χ1v) is 7.58. The van der Waals surface area contributed by atoms with E-state index in [1.54, 1.807) is 6.07 Å². The van der Waals surface area contributed by atoms with Gasteiger partial charge in [0, 0.05) is 30.2 Å². The third-order valence-corrected chi connectivity index (χ3v) is 4.08. The zero-order chi connectivity index (χ0) is 15.6. The van der Waals surface area contributed by atoms with Crippen LogP contribution in [0.15, 0.2) is 30.5 Å². The van der Waals surface area contributed by atoms with Gasteiger partial charge < -0.3 is 14.2 Å². The van der Waals surface area contributed by atoms with Crippen molar-refractivity contribution >= 4 is 10.9 Å². The highest BCUT2D eigenvalue weighted by Gasteiger charge is 2.31. The second-order valence-electron chi connectivity index (χ2n) is 5.68. The van der Waals surface area contributed by atoms with E-state index in [9.17, 15) is 13.2 Å². The normalized spacial score (nSPS) is 17.0. The maximum Gasteiger partial charge on any atom is 0.573 e. The van der Waals surface area contributed by atoms with Crippen LogP contribution >= 0.6 is 0 Å². The molecular formula is C16H19F3N2O. The third kappa shape index (κ3) is 3.74. The maximum atomic E-state index is 12.2. The van der Waals surface area contributed by atoms with E-state index < -0.39 is 6.36 Å². The minimum Gasteiger partial charge on any atom is -0.406 e. The Hall–Kier alpha value is -1.69. The van der Waals surface area contributed by atoms with Gasteiger partial charge in [-0.3, -0.25) is 0 Å². The van der Waals surface area contributed by atoms with E-state index in [2.05, 4.69) is 14.2 Å². The van der Waals surface area contributed by atoms with E-state index in [1.807, 2.05) is 12.3 Å². The summed E-state index contributed by atoms with van der Waals surface area (Å²) in [6, 6.07) is 6.31. The summed E-state index contributed by atoms with van der Waals surface area (Å²) in [5.41, 5.74) is 0.937. The van der Waals surface area contributed by atoms with Crippen LogP contribution in [0.1, 0.15) is 19.3 Å². The van der Waals surface area contributed by atoms with Crippen LogP contribution in [0.2, 0.25) is 0 Å². The van der Waals surface area contributed by atoms with E-state index >= 15 is 0 Å². The molecule has 2 aromatic rings. The molecule has 0 radical (unpaired) electrons. The van der Waals surface area contributed by atoms with Crippen LogP contribution in [0.5, 0.6) is 5.75 Å². The fraction of sp³-hybridized carbons (Fsp3) is 0.500. The highest BCUT2D eigenvalue weighted by atomic mass is 19.4. The second-order valence-corrected chi connectivity index (χ2v) is 5.68. The van der Waals surface area contributed by atoms with Gasteiger partial charge in [-0.25, -0.2) is 0 Å². The summed E-state index contributed by atoms with van der Waals surface area (Å²) in [6.07, 6.45) is 1.09. The van der Waals surface area contributed by atoms with Crippen molar-refractivity contribution in [3.63, 3.8) is 0 Å². The molecule has 0 atom stereocenters. The average molecular weight is 312 g/mol. The number of hydrogen-bond acceptors (Lipinski definition) is 2. The highest BCUT2D eigenvalue weighted by molar-refractivity contribution is 5.81. The van der Waals surface area contributed by atoms with Crippen molar-refractivity contribution in [2.45, 2.75) is 32.2 Å². The minimum absolute atomic E-state index is 0.172. The van der Waals surface area contributed by atoms with Crippen molar-refractivity contribution in [3.05, 3.63) is 30.5 Å². The van der Waals surface area contributed by atoms with Gasteiger partial charge in [0.05, 0.1) is 0 Å². The van der Waals surface area contributed by atoms with Gasteiger partial charge in [0.25, 0.3) is 0 Å². The summed E-state index contributed by atoms with van der Waals surface area (Å²) in [4.78, 5) is 2.44. The number of hydrogen-bond donors (Lipinski definition) is 0. The number of likely N-dealkylation sites (tertiary alicyclic amines) is 1. The van der Waals surface area contributed by atoms with Crippen LogP contribution in [0.4, 0.5) is 13.2 Å². The summed E-state index contributed by atoms with van der Waals surface area (Å²) in [7, 11) is 0. The first kappa shape index (κ1) is 15.2. The summed E-state index contributed by atoms with van der Waals surface area (Å²) >= 11 is 0. The Morgan fingerprint density at radius 1 is 1.00 bits per heavy atom. The maximum absolute atomic E-state index is 12.2. The van der Waals surface area contributed by atoms with Crippen LogP contribution in [0.3, 0.4) is 0 Å². The van der Waals surface area contributed by atoms with Crippen LogP contribution in [-0.4, -0.2) is 35.5 Å². The van der Waals surface area contributed by atoms with Crippen LogP contribution in [0, 0.1) is 0 Å². The van der Waals surface area contributed by atoms with E-state index in [0.717, 1.165) is 37.1 Å². The number of piperidine rings is 1. The number of alkyl halides is 3. The first-order valence-electron chi connectivity index (χ1n) is 7.58.